The fourth-order valence-corrected chi connectivity index (χ4v) is 1.70. The third kappa shape index (κ3) is 2.12. The Morgan fingerprint density at radius 3 is 2.67 bits per heavy atom. The first-order chi connectivity index (χ1) is 7.20. The number of anilines is 2. The van der Waals surface area contributed by atoms with Gasteiger partial charge in [0.2, 0.25) is 11.9 Å². The normalized spacial score (nSPS) is 16.1. The van der Waals surface area contributed by atoms with E-state index in [1.165, 1.54) is 19.3 Å². The lowest BCUT2D eigenvalue weighted by Gasteiger charge is -2.34. The minimum atomic E-state index is 0.238. The molecule has 5 nitrogen and oxygen atoms in total. The predicted molar refractivity (Wildman–Crippen MR) is 59.8 cm³/mol. The number of hydrogen-bond donors (Lipinski definition) is 1. The number of nitrogens with two attached hydrogens (primary N) is 1. The SMILES string of the molecule is CN(c1nc(N)nc(CCl)n1)C1CCC1. The number of nitrogen functional groups attached to an aromatic ring is 1. The lowest BCUT2D eigenvalue weighted by molar-refractivity contribution is 0.397. The maximum absolute atomic E-state index is 5.68. The zero-order valence-corrected chi connectivity index (χ0v) is 9.41. The molecule has 1 heterocycles. The zero-order valence-electron chi connectivity index (χ0n) is 8.65. The summed E-state index contributed by atoms with van der Waals surface area (Å²) in [5.74, 6) is 1.66. The van der Waals surface area contributed by atoms with Crippen LogP contribution in [0.2, 0.25) is 0 Å². The average Bonchev–Trinajstić information content (AvgIpc) is 2.14. The average molecular weight is 228 g/mol. The maximum Gasteiger partial charge on any atom is 0.230 e. The molecule has 0 aliphatic heterocycles. The van der Waals surface area contributed by atoms with E-state index >= 15 is 0 Å². The third-order valence-corrected chi connectivity index (χ3v) is 2.98. The van der Waals surface area contributed by atoms with Crippen LogP contribution in [0.1, 0.15) is 25.1 Å². The minimum Gasteiger partial charge on any atom is -0.368 e. The van der Waals surface area contributed by atoms with Gasteiger partial charge in [0.05, 0.1) is 5.88 Å². The maximum atomic E-state index is 5.68. The molecule has 0 radical (unpaired) electrons. The van der Waals surface area contributed by atoms with Gasteiger partial charge in [-0.25, -0.2) is 0 Å². The van der Waals surface area contributed by atoms with Crippen LogP contribution in [-0.4, -0.2) is 28.0 Å². The van der Waals surface area contributed by atoms with Crippen molar-refractivity contribution < 1.29 is 0 Å². The van der Waals surface area contributed by atoms with Crippen molar-refractivity contribution in [1.29, 1.82) is 0 Å². The number of halogens is 1. The van der Waals surface area contributed by atoms with Crippen LogP contribution in [-0.2, 0) is 5.88 Å². The van der Waals surface area contributed by atoms with Crippen molar-refractivity contribution in [3.8, 4) is 0 Å². The van der Waals surface area contributed by atoms with Crippen LogP contribution < -0.4 is 10.6 Å². The van der Waals surface area contributed by atoms with Gasteiger partial charge in [0.25, 0.3) is 0 Å². The monoisotopic (exact) mass is 227 g/mol. The molecule has 1 saturated carbocycles. The number of aromatic nitrogens is 3. The Kier molecular flexibility index (Phi) is 2.90. The summed E-state index contributed by atoms with van der Waals surface area (Å²) in [7, 11) is 1.98. The summed E-state index contributed by atoms with van der Waals surface area (Å²) in [6.07, 6.45) is 3.66. The van der Waals surface area contributed by atoms with Gasteiger partial charge < -0.3 is 10.6 Å². The van der Waals surface area contributed by atoms with Crippen LogP contribution in [0.15, 0.2) is 0 Å². The fraction of sp³-hybridized carbons (Fsp3) is 0.667. The predicted octanol–water partition coefficient (Wildman–Crippen LogP) is 1.18. The van der Waals surface area contributed by atoms with Crippen molar-refractivity contribution >= 4 is 23.5 Å². The summed E-state index contributed by atoms with van der Waals surface area (Å²) in [6.45, 7) is 0. The van der Waals surface area contributed by atoms with Crippen molar-refractivity contribution in [2.45, 2.75) is 31.2 Å². The van der Waals surface area contributed by atoms with E-state index in [-0.39, 0.29) is 11.8 Å². The van der Waals surface area contributed by atoms with E-state index in [4.69, 9.17) is 17.3 Å². The van der Waals surface area contributed by atoms with E-state index in [1.54, 1.807) is 0 Å². The fourth-order valence-electron chi connectivity index (χ4n) is 1.58. The van der Waals surface area contributed by atoms with Gasteiger partial charge in [-0.15, -0.1) is 11.6 Å². The standard InChI is InChI=1S/C9H14ClN5/c1-15(6-3-2-4-6)9-13-7(5-10)12-8(11)14-9/h6H,2-5H2,1H3,(H2,11,12,13,14). The van der Waals surface area contributed by atoms with Crippen molar-refractivity contribution in [2.75, 3.05) is 17.7 Å². The molecule has 1 aliphatic rings. The highest BCUT2D eigenvalue weighted by Gasteiger charge is 2.24. The smallest absolute Gasteiger partial charge is 0.230 e. The van der Waals surface area contributed by atoms with Gasteiger partial charge in [-0.1, -0.05) is 0 Å². The second-order valence-corrected chi connectivity index (χ2v) is 4.01. The summed E-state index contributed by atoms with van der Waals surface area (Å²) in [5.41, 5.74) is 5.58. The van der Waals surface area contributed by atoms with Crippen LogP contribution in [0.25, 0.3) is 0 Å². The number of hydrogen-bond acceptors (Lipinski definition) is 5. The molecule has 0 aromatic carbocycles. The molecule has 1 aromatic rings. The molecule has 2 N–H and O–H groups in total. The molecule has 2 rings (SSSR count). The van der Waals surface area contributed by atoms with E-state index < -0.39 is 0 Å². The Balaban J connectivity index is 2.22. The molecule has 0 spiro atoms. The lowest BCUT2D eigenvalue weighted by atomic mass is 9.92. The molecule has 0 saturated heterocycles. The van der Waals surface area contributed by atoms with E-state index in [1.807, 2.05) is 7.05 Å². The van der Waals surface area contributed by atoms with E-state index in [0.29, 0.717) is 17.8 Å². The van der Waals surface area contributed by atoms with Crippen LogP contribution >= 0.6 is 11.6 Å². The third-order valence-electron chi connectivity index (χ3n) is 2.74. The van der Waals surface area contributed by atoms with Crippen LogP contribution in [0.4, 0.5) is 11.9 Å². The van der Waals surface area contributed by atoms with Gasteiger partial charge in [-0.2, -0.15) is 15.0 Å². The van der Waals surface area contributed by atoms with Crippen molar-refractivity contribution in [3.63, 3.8) is 0 Å². The Bertz CT molecular complexity index is 352. The minimum absolute atomic E-state index is 0.238. The highest BCUT2D eigenvalue weighted by atomic mass is 35.5. The molecule has 6 heteroatoms. The Hall–Kier alpha value is -1.10. The summed E-state index contributed by atoms with van der Waals surface area (Å²) < 4.78 is 0. The van der Waals surface area contributed by atoms with Gasteiger partial charge in [-0.05, 0) is 19.3 Å². The number of rotatable bonds is 3. The molecule has 82 valence electrons. The first kappa shape index (κ1) is 10.4. The zero-order chi connectivity index (χ0) is 10.8. The summed E-state index contributed by atoms with van der Waals surface area (Å²) in [5, 5.41) is 0. The Morgan fingerprint density at radius 2 is 2.13 bits per heavy atom. The molecule has 0 bridgehead atoms. The summed E-state index contributed by atoms with van der Waals surface area (Å²) >= 11 is 5.68. The quantitative estimate of drug-likeness (QED) is 0.786. The number of alkyl halides is 1. The second kappa shape index (κ2) is 4.18. The van der Waals surface area contributed by atoms with Crippen LogP contribution in [0.3, 0.4) is 0 Å². The van der Waals surface area contributed by atoms with Crippen molar-refractivity contribution in [2.24, 2.45) is 0 Å². The molecule has 0 amide bonds. The Morgan fingerprint density at radius 1 is 1.40 bits per heavy atom. The summed E-state index contributed by atoms with van der Waals surface area (Å²) in [4.78, 5) is 14.3. The first-order valence-electron chi connectivity index (χ1n) is 5.00. The van der Waals surface area contributed by atoms with Gasteiger partial charge in [0.1, 0.15) is 0 Å². The molecule has 1 aromatic heterocycles. The highest BCUT2D eigenvalue weighted by molar-refractivity contribution is 6.16. The van der Waals surface area contributed by atoms with Gasteiger partial charge in [-0.3, -0.25) is 0 Å². The molecular formula is C9H14ClN5. The number of nitrogens with zero attached hydrogens (tertiary/aromatic N) is 4. The van der Waals surface area contributed by atoms with Gasteiger partial charge in [0.15, 0.2) is 5.82 Å². The second-order valence-electron chi connectivity index (χ2n) is 3.74. The van der Waals surface area contributed by atoms with Crippen molar-refractivity contribution in [1.82, 2.24) is 15.0 Å². The van der Waals surface area contributed by atoms with Crippen molar-refractivity contribution in [3.05, 3.63) is 5.82 Å². The van der Waals surface area contributed by atoms with E-state index in [0.717, 1.165) is 0 Å². The van der Waals surface area contributed by atoms with Crippen LogP contribution in [0, 0.1) is 0 Å². The largest absolute Gasteiger partial charge is 0.368 e. The molecule has 0 unspecified atom stereocenters. The van der Waals surface area contributed by atoms with Gasteiger partial charge in [0, 0.05) is 13.1 Å². The van der Waals surface area contributed by atoms with Gasteiger partial charge >= 0.3 is 0 Å². The highest BCUT2D eigenvalue weighted by Crippen LogP contribution is 2.26. The lowest BCUT2D eigenvalue weighted by Crippen LogP contribution is -2.38. The van der Waals surface area contributed by atoms with Crippen LogP contribution in [0.5, 0.6) is 0 Å². The molecule has 1 aliphatic carbocycles. The molecule has 1 fully saturated rings. The first-order valence-corrected chi connectivity index (χ1v) is 5.53. The topological polar surface area (TPSA) is 67.9 Å². The van der Waals surface area contributed by atoms with E-state index in [9.17, 15) is 0 Å². The van der Waals surface area contributed by atoms with E-state index in [2.05, 4.69) is 19.9 Å². The molecular weight excluding hydrogens is 214 g/mol. The summed E-state index contributed by atoms with van der Waals surface area (Å²) in [6, 6.07) is 0.537. The molecule has 15 heavy (non-hydrogen) atoms. The molecule has 0 atom stereocenters. The Labute approximate surface area is 93.7 Å².